The van der Waals surface area contributed by atoms with Gasteiger partial charge in [0.15, 0.2) is 5.82 Å². The van der Waals surface area contributed by atoms with E-state index in [-0.39, 0.29) is 11.7 Å². The topological polar surface area (TPSA) is 80.5 Å². The quantitative estimate of drug-likeness (QED) is 0.478. The number of fused-ring (bicyclic) bond motifs is 2. The minimum Gasteiger partial charge on any atom is -0.506 e. The smallest absolute Gasteiger partial charge is 0.238 e. The summed E-state index contributed by atoms with van der Waals surface area (Å²) in [6.45, 7) is 0.394. The maximum absolute atomic E-state index is 13.7. The van der Waals surface area contributed by atoms with E-state index in [1.165, 1.54) is 6.33 Å². The van der Waals surface area contributed by atoms with Gasteiger partial charge in [-0.05, 0) is 60.4 Å². The predicted molar refractivity (Wildman–Crippen MR) is 128 cm³/mol. The lowest BCUT2D eigenvalue weighted by Crippen LogP contribution is -2.44. The zero-order chi connectivity index (χ0) is 23.3. The molecule has 0 saturated heterocycles. The molecule has 1 aliphatic carbocycles. The first-order chi connectivity index (χ1) is 16.6. The summed E-state index contributed by atoms with van der Waals surface area (Å²) in [4.78, 5) is 19.9. The van der Waals surface area contributed by atoms with Gasteiger partial charge in [0.05, 0.1) is 30.4 Å². The van der Waals surface area contributed by atoms with Crippen LogP contribution in [0, 0.1) is 0 Å². The molecule has 1 spiro atoms. The zero-order valence-electron chi connectivity index (χ0n) is 18.8. The molecule has 4 aromatic rings. The molecule has 1 saturated carbocycles. The van der Waals surface area contributed by atoms with E-state index >= 15 is 0 Å². The van der Waals surface area contributed by atoms with E-state index in [4.69, 9.17) is 4.74 Å². The monoisotopic (exact) mass is 452 g/mol. The number of aromatic hydroxyl groups is 1. The van der Waals surface area contributed by atoms with Crippen molar-refractivity contribution in [2.45, 2.75) is 31.2 Å². The fourth-order valence-corrected chi connectivity index (χ4v) is 5.15. The molecule has 1 aromatic heterocycles. The van der Waals surface area contributed by atoms with E-state index in [1.807, 2.05) is 60.7 Å². The largest absolute Gasteiger partial charge is 0.506 e. The Labute approximate surface area is 197 Å². The number of benzene rings is 3. The highest BCUT2D eigenvalue weighted by Gasteiger charge is 2.55. The Hall–Kier alpha value is -4.13. The number of aromatic nitrogens is 3. The molecule has 7 heteroatoms. The van der Waals surface area contributed by atoms with Gasteiger partial charge in [-0.15, -0.1) is 0 Å². The highest BCUT2D eigenvalue weighted by molar-refractivity contribution is 6.10. The van der Waals surface area contributed by atoms with Crippen molar-refractivity contribution in [3.8, 4) is 28.6 Å². The minimum atomic E-state index is -0.576. The normalized spacial score (nSPS) is 15.9. The number of para-hydroxylation sites is 1. The van der Waals surface area contributed by atoms with Crippen LogP contribution in [0.1, 0.15) is 30.4 Å². The number of hydrogen-bond donors (Lipinski definition) is 1. The average molecular weight is 453 g/mol. The molecular formula is C27H24N4O3. The summed E-state index contributed by atoms with van der Waals surface area (Å²) in [6, 6.07) is 21.1. The molecule has 1 aliphatic heterocycles. The van der Waals surface area contributed by atoms with Crippen LogP contribution in [0.4, 0.5) is 5.69 Å². The van der Waals surface area contributed by atoms with Gasteiger partial charge in [0, 0.05) is 5.56 Å². The Morgan fingerprint density at radius 2 is 1.82 bits per heavy atom. The summed E-state index contributed by atoms with van der Waals surface area (Å²) < 4.78 is 7.00. The summed E-state index contributed by atoms with van der Waals surface area (Å²) >= 11 is 0. The number of methoxy groups -OCH3 is 1. The maximum atomic E-state index is 13.7. The SMILES string of the molecule is COc1ccc(CN2C(=O)C3(CCC3)c3cc(-c4ncnn4-c4ccccc4)cc(O)c32)cc1. The summed E-state index contributed by atoms with van der Waals surface area (Å²) in [5.74, 6) is 1.53. The van der Waals surface area contributed by atoms with Crippen molar-refractivity contribution >= 4 is 11.6 Å². The fraction of sp³-hybridized carbons (Fsp3) is 0.222. The van der Waals surface area contributed by atoms with Crippen LogP contribution < -0.4 is 9.64 Å². The number of ether oxygens (including phenoxy) is 1. The van der Waals surface area contributed by atoms with E-state index in [1.54, 1.807) is 22.8 Å². The lowest BCUT2D eigenvalue weighted by Gasteiger charge is -2.37. The molecule has 34 heavy (non-hydrogen) atoms. The third kappa shape index (κ3) is 3.00. The summed E-state index contributed by atoms with van der Waals surface area (Å²) in [7, 11) is 1.63. The van der Waals surface area contributed by atoms with Crippen molar-refractivity contribution < 1.29 is 14.6 Å². The predicted octanol–water partition coefficient (Wildman–Crippen LogP) is 4.62. The molecule has 2 heterocycles. The maximum Gasteiger partial charge on any atom is 0.238 e. The van der Waals surface area contributed by atoms with E-state index < -0.39 is 5.41 Å². The number of phenols is 1. The van der Waals surface area contributed by atoms with Crippen LogP contribution in [0.3, 0.4) is 0 Å². The second kappa shape index (κ2) is 7.73. The average Bonchev–Trinajstić information content (AvgIpc) is 3.42. The molecule has 0 radical (unpaired) electrons. The van der Waals surface area contributed by atoms with Gasteiger partial charge in [-0.1, -0.05) is 36.8 Å². The Balaban J connectivity index is 1.44. The van der Waals surface area contributed by atoms with Crippen LogP contribution >= 0.6 is 0 Å². The van der Waals surface area contributed by atoms with E-state index in [9.17, 15) is 9.90 Å². The van der Waals surface area contributed by atoms with Crippen LogP contribution in [0.2, 0.25) is 0 Å². The third-order valence-electron chi connectivity index (χ3n) is 7.04. The van der Waals surface area contributed by atoms with Gasteiger partial charge in [-0.3, -0.25) is 4.79 Å². The van der Waals surface area contributed by atoms with Gasteiger partial charge in [0.1, 0.15) is 17.8 Å². The second-order valence-corrected chi connectivity index (χ2v) is 8.90. The first kappa shape index (κ1) is 20.5. The summed E-state index contributed by atoms with van der Waals surface area (Å²) in [5, 5.41) is 15.6. The molecule has 1 N–H and O–H groups in total. The fourth-order valence-electron chi connectivity index (χ4n) is 5.15. The number of carbonyl (C=O) groups is 1. The molecule has 0 unspecified atom stereocenters. The number of carbonyl (C=O) groups excluding carboxylic acids is 1. The van der Waals surface area contributed by atoms with Crippen molar-refractivity contribution in [3.63, 3.8) is 0 Å². The van der Waals surface area contributed by atoms with E-state index in [0.717, 1.165) is 47.4 Å². The minimum absolute atomic E-state index is 0.0570. The number of anilines is 1. The van der Waals surface area contributed by atoms with Crippen LogP contribution in [-0.4, -0.2) is 32.9 Å². The number of phenolic OH excluding ortho intramolecular Hbond substituents is 1. The molecule has 1 fully saturated rings. The Bertz CT molecular complexity index is 1380. The number of amides is 1. The van der Waals surface area contributed by atoms with E-state index in [2.05, 4.69) is 10.1 Å². The molecule has 1 amide bonds. The number of rotatable bonds is 5. The van der Waals surface area contributed by atoms with Crippen molar-refractivity contribution in [3.05, 3.63) is 84.2 Å². The Morgan fingerprint density at radius 1 is 1.06 bits per heavy atom. The van der Waals surface area contributed by atoms with Crippen molar-refractivity contribution in [2.24, 2.45) is 0 Å². The van der Waals surface area contributed by atoms with Crippen LogP contribution in [0.15, 0.2) is 73.1 Å². The summed E-state index contributed by atoms with van der Waals surface area (Å²) in [5.41, 5.74) is 3.51. The van der Waals surface area contributed by atoms with Gasteiger partial charge in [-0.25, -0.2) is 9.67 Å². The van der Waals surface area contributed by atoms with Crippen LogP contribution in [0.25, 0.3) is 17.1 Å². The molecule has 2 aliphatic rings. The highest BCUT2D eigenvalue weighted by Crippen LogP contribution is 2.57. The van der Waals surface area contributed by atoms with E-state index in [0.29, 0.717) is 18.1 Å². The first-order valence-corrected chi connectivity index (χ1v) is 11.4. The zero-order valence-corrected chi connectivity index (χ0v) is 18.8. The van der Waals surface area contributed by atoms with Crippen molar-refractivity contribution in [2.75, 3.05) is 12.0 Å². The number of nitrogens with zero attached hydrogens (tertiary/aromatic N) is 4. The molecule has 7 nitrogen and oxygen atoms in total. The molecular weight excluding hydrogens is 428 g/mol. The van der Waals surface area contributed by atoms with Gasteiger partial charge < -0.3 is 14.7 Å². The molecule has 0 bridgehead atoms. The Kier molecular flexibility index (Phi) is 4.65. The standard InChI is InChI=1S/C27H24N4O3/c1-34-21-10-8-18(9-11-21)16-30-24-22(27(26(30)33)12-5-13-27)14-19(15-23(24)32)25-28-17-29-31(25)20-6-3-2-4-7-20/h2-4,6-11,14-15,17,32H,5,12-13,16H2,1H3. The van der Waals surface area contributed by atoms with Gasteiger partial charge in [0.25, 0.3) is 0 Å². The molecule has 170 valence electrons. The number of hydrogen-bond acceptors (Lipinski definition) is 5. The lowest BCUT2D eigenvalue weighted by atomic mass is 9.65. The van der Waals surface area contributed by atoms with Gasteiger partial charge in [0.2, 0.25) is 5.91 Å². The lowest BCUT2D eigenvalue weighted by molar-refractivity contribution is -0.126. The highest BCUT2D eigenvalue weighted by atomic mass is 16.5. The molecule has 6 rings (SSSR count). The third-order valence-corrected chi connectivity index (χ3v) is 7.04. The van der Waals surface area contributed by atoms with Crippen LogP contribution in [0.5, 0.6) is 11.5 Å². The molecule has 0 atom stereocenters. The first-order valence-electron chi connectivity index (χ1n) is 11.4. The summed E-state index contributed by atoms with van der Waals surface area (Å²) in [6.07, 6.45) is 4.07. The van der Waals surface area contributed by atoms with Crippen molar-refractivity contribution in [1.29, 1.82) is 0 Å². The Morgan fingerprint density at radius 3 is 2.50 bits per heavy atom. The van der Waals surface area contributed by atoms with Crippen LogP contribution in [-0.2, 0) is 16.8 Å². The van der Waals surface area contributed by atoms with Crippen molar-refractivity contribution in [1.82, 2.24) is 14.8 Å². The van der Waals surface area contributed by atoms with Gasteiger partial charge in [-0.2, -0.15) is 5.10 Å². The second-order valence-electron chi connectivity index (χ2n) is 8.90. The molecule has 3 aromatic carbocycles. The van der Waals surface area contributed by atoms with Gasteiger partial charge >= 0.3 is 0 Å².